The Hall–Kier alpha value is -2.19. The van der Waals surface area contributed by atoms with Crippen LogP contribution in [-0.4, -0.2) is 32.5 Å². The van der Waals surface area contributed by atoms with E-state index in [1.807, 2.05) is 50.4 Å². The summed E-state index contributed by atoms with van der Waals surface area (Å²) >= 11 is 2.89. The molecule has 8 heteroatoms. The molecule has 0 saturated heterocycles. The summed E-state index contributed by atoms with van der Waals surface area (Å²) < 4.78 is 1.59. The second-order valence-corrected chi connectivity index (χ2v) is 7.55. The summed E-state index contributed by atoms with van der Waals surface area (Å²) in [6, 6.07) is 9.54. The number of benzene rings is 1. The Kier molecular flexibility index (Phi) is 5.73. The average molecular weight is 389 g/mol. The van der Waals surface area contributed by atoms with Crippen LogP contribution in [0.3, 0.4) is 0 Å². The first-order chi connectivity index (χ1) is 12.5. The maximum absolute atomic E-state index is 12.6. The second kappa shape index (κ2) is 8.01. The lowest BCUT2D eigenvalue weighted by Gasteiger charge is -2.10. The Labute approximate surface area is 159 Å². The van der Waals surface area contributed by atoms with Crippen LogP contribution >= 0.6 is 23.5 Å². The molecule has 0 aliphatic carbocycles. The minimum atomic E-state index is -0.129. The van der Waals surface area contributed by atoms with E-state index >= 15 is 0 Å². The van der Waals surface area contributed by atoms with E-state index in [1.165, 1.54) is 11.8 Å². The van der Waals surface area contributed by atoms with Gasteiger partial charge in [-0.3, -0.25) is 14.2 Å². The number of aromatic nitrogens is 3. The fraction of sp³-hybridized carbons (Fsp3) is 0.278. The predicted octanol–water partition coefficient (Wildman–Crippen LogP) is 3.51. The van der Waals surface area contributed by atoms with Crippen LogP contribution in [0.25, 0.3) is 11.0 Å². The van der Waals surface area contributed by atoms with E-state index < -0.39 is 0 Å². The van der Waals surface area contributed by atoms with Gasteiger partial charge in [0.1, 0.15) is 5.52 Å². The number of hydrogen-bond acceptors (Lipinski definition) is 5. The molecule has 3 rings (SSSR count). The molecular weight excluding hydrogens is 368 g/mol. The van der Waals surface area contributed by atoms with Gasteiger partial charge in [-0.1, -0.05) is 17.8 Å². The van der Waals surface area contributed by atoms with Gasteiger partial charge in [0.15, 0.2) is 5.16 Å². The summed E-state index contributed by atoms with van der Waals surface area (Å²) in [5.41, 5.74) is 2.68. The minimum absolute atomic E-state index is 0.110. The predicted molar refractivity (Wildman–Crippen MR) is 108 cm³/mol. The zero-order valence-corrected chi connectivity index (χ0v) is 16.5. The molecular formula is C18H20N4O2S2. The SMILES string of the molecule is CCn1c(SCC(=O)Nc2cccc(SC)c2)nc2cc(C)[nH]c2c1=O. The number of carbonyl (C=O) groups is 1. The number of carbonyl (C=O) groups excluding carboxylic acids is 1. The fourth-order valence-electron chi connectivity index (χ4n) is 2.63. The maximum atomic E-state index is 12.6. The van der Waals surface area contributed by atoms with Gasteiger partial charge in [-0.05, 0) is 44.4 Å². The zero-order chi connectivity index (χ0) is 18.7. The van der Waals surface area contributed by atoms with E-state index in [2.05, 4.69) is 15.3 Å². The van der Waals surface area contributed by atoms with Crippen LogP contribution in [0.15, 0.2) is 45.2 Å². The molecule has 26 heavy (non-hydrogen) atoms. The zero-order valence-electron chi connectivity index (χ0n) is 14.8. The van der Waals surface area contributed by atoms with Crippen molar-refractivity contribution in [1.82, 2.24) is 14.5 Å². The van der Waals surface area contributed by atoms with Gasteiger partial charge in [-0.25, -0.2) is 4.98 Å². The molecule has 0 unspecified atom stereocenters. The fourth-order valence-corrected chi connectivity index (χ4v) is 3.95. The molecule has 136 valence electrons. The van der Waals surface area contributed by atoms with Crippen LogP contribution in [0.1, 0.15) is 12.6 Å². The van der Waals surface area contributed by atoms with Crippen molar-refractivity contribution in [2.75, 3.05) is 17.3 Å². The third-order valence-electron chi connectivity index (χ3n) is 3.84. The molecule has 0 atom stereocenters. The number of H-pyrrole nitrogens is 1. The number of aryl methyl sites for hydroxylation is 1. The molecule has 2 aromatic heterocycles. The number of fused-ring (bicyclic) bond motifs is 1. The summed E-state index contributed by atoms with van der Waals surface area (Å²) in [5.74, 6) is 0.0562. The molecule has 0 aliphatic rings. The summed E-state index contributed by atoms with van der Waals surface area (Å²) in [5, 5.41) is 3.44. The highest BCUT2D eigenvalue weighted by molar-refractivity contribution is 7.99. The highest BCUT2D eigenvalue weighted by Gasteiger charge is 2.14. The van der Waals surface area contributed by atoms with Crippen LogP contribution in [0.5, 0.6) is 0 Å². The summed E-state index contributed by atoms with van der Waals surface area (Å²) in [7, 11) is 0. The van der Waals surface area contributed by atoms with Gasteiger partial charge in [0.2, 0.25) is 5.91 Å². The number of thioether (sulfide) groups is 2. The van der Waals surface area contributed by atoms with Gasteiger partial charge >= 0.3 is 0 Å². The average Bonchev–Trinajstić information content (AvgIpc) is 3.01. The topological polar surface area (TPSA) is 79.8 Å². The number of aromatic amines is 1. The normalized spacial score (nSPS) is 11.0. The van der Waals surface area contributed by atoms with Crippen molar-refractivity contribution in [3.63, 3.8) is 0 Å². The Morgan fingerprint density at radius 1 is 1.35 bits per heavy atom. The smallest absolute Gasteiger partial charge is 0.278 e. The number of hydrogen-bond donors (Lipinski definition) is 2. The summed E-state index contributed by atoms with van der Waals surface area (Å²) in [4.78, 5) is 33.5. The van der Waals surface area contributed by atoms with Crippen molar-refractivity contribution in [3.05, 3.63) is 46.4 Å². The standard InChI is InChI=1S/C18H20N4O2S2/c1-4-22-17(24)16-14(8-11(2)19-16)21-18(22)26-10-15(23)20-12-6-5-7-13(9-12)25-3/h5-9,19H,4,10H2,1-3H3,(H,20,23). The van der Waals surface area contributed by atoms with Crippen molar-refractivity contribution in [2.24, 2.45) is 0 Å². The van der Waals surface area contributed by atoms with E-state index in [9.17, 15) is 9.59 Å². The first-order valence-corrected chi connectivity index (χ1v) is 10.4. The van der Waals surface area contributed by atoms with E-state index in [0.717, 1.165) is 16.3 Å². The molecule has 2 heterocycles. The summed E-state index contributed by atoms with van der Waals surface area (Å²) in [6.07, 6.45) is 1.99. The summed E-state index contributed by atoms with van der Waals surface area (Å²) in [6.45, 7) is 4.28. The monoisotopic (exact) mass is 388 g/mol. The minimum Gasteiger partial charge on any atom is -0.353 e. The highest BCUT2D eigenvalue weighted by atomic mass is 32.2. The Balaban J connectivity index is 1.76. The lowest BCUT2D eigenvalue weighted by molar-refractivity contribution is -0.113. The second-order valence-electron chi connectivity index (χ2n) is 5.73. The van der Waals surface area contributed by atoms with E-state index in [1.54, 1.807) is 16.3 Å². The third-order valence-corrected chi connectivity index (χ3v) is 5.54. The van der Waals surface area contributed by atoms with Gasteiger partial charge in [-0.2, -0.15) is 0 Å². The van der Waals surface area contributed by atoms with Crippen LogP contribution in [-0.2, 0) is 11.3 Å². The van der Waals surface area contributed by atoms with Crippen molar-refractivity contribution in [3.8, 4) is 0 Å². The molecule has 0 fully saturated rings. The quantitative estimate of drug-likeness (QED) is 0.499. The van der Waals surface area contributed by atoms with Gasteiger partial charge in [0.05, 0.1) is 11.3 Å². The molecule has 0 radical (unpaired) electrons. The molecule has 0 aliphatic heterocycles. The van der Waals surface area contributed by atoms with Crippen molar-refractivity contribution < 1.29 is 4.79 Å². The van der Waals surface area contributed by atoms with E-state index in [4.69, 9.17) is 0 Å². The lowest BCUT2D eigenvalue weighted by Crippen LogP contribution is -2.23. The Morgan fingerprint density at radius 2 is 2.15 bits per heavy atom. The van der Waals surface area contributed by atoms with E-state index in [-0.39, 0.29) is 17.2 Å². The number of rotatable bonds is 6. The molecule has 1 amide bonds. The number of nitrogens with one attached hydrogen (secondary N) is 2. The lowest BCUT2D eigenvalue weighted by atomic mass is 10.3. The third kappa shape index (κ3) is 3.96. The van der Waals surface area contributed by atoms with Gasteiger partial charge in [0.25, 0.3) is 5.56 Å². The number of nitrogens with zero attached hydrogens (tertiary/aromatic N) is 2. The molecule has 0 saturated carbocycles. The largest absolute Gasteiger partial charge is 0.353 e. The van der Waals surface area contributed by atoms with Crippen LogP contribution < -0.4 is 10.9 Å². The maximum Gasteiger partial charge on any atom is 0.278 e. The molecule has 0 spiro atoms. The molecule has 1 aromatic carbocycles. The van der Waals surface area contributed by atoms with Crippen molar-refractivity contribution in [1.29, 1.82) is 0 Å². The van der Waals surface area contributed by atoms with Gasteiger partial charge < -0.3 is 10.3 Å². The number of amides is 1. The van der Waals surface area contributed by atoms with Crippen LogP contribution in [0.2, 0.25) is 0 Å². The Bertz CT molecular complexity index is 1010. The molecule has 6 nitrogen and oxygen atoms in total. The van der Waals surface area contributed by atoms with Gasteiger partial charge in [-0.15, -0.1) is 11.8 Å². The number of anilines is 1. The Morgan fingerprint density at radius 3 is 2.88 bits per heavy atom. The highest BCUT2D eigenvalue weighted by Crippen LogP contribution is 2.21. The molecule has 0 bridgehead atoms. The molecule has 2 N–H and O–H groups in total. The first kappa shape index (κ1) is 18.6. The van der Waals surface area contributed by atoms with Crippen molar-refractivity contribution in [2.45, 2.75) is 30.4 Å². The van der Waals surface area contributed by atoms with Crippen LogP contribution in [0, 0.1) is 6.92 Å². The van der Waals surface area contributed by atoms with E-state index in [0.29, 0.717) is 22.7 Å². The van der Waals surface area contributed by atoms with Crippen LogP contribution in [0.4, 0.5) is 5.69 Å². The molecule has 3 aromatic rings. The van der Waals surface area contributed by atoms with Gasteiger partial charge in [0, 0.05) is 22.8 Å². The van der Waals surface area contributed by atoms with Crippen molar-refractivity contribution >= 4 is 46.2 Å². The first-order valence-electron chi connectivity index (χ1n) is 8.18.